The summed E-state index contributed by atoms with van der Waals surface area (Å²) >= 11 is 1.84. The van der Waals surface area contributed by atoms with Gasteiger partial charge < -0.3 is 9.97 Å². The van der Waals surface area contributed by atoms with E-state index in [1.807, 2.05) is 47.9 Å². The van der Waals surface area contributed by atoms with Crippen molar-refractivity contribution in [1.29, 1.82) is 0 Å². The van der Waals surface area contributed by atoms with Crippen molar-refractivity contribution in [3.63, 3.8) is 0 Å². The molecule has 8 aromatic rings. The van der Waals surface area contributed by atoms with Crippen molar-refractivity contribution in [1.82, 2.24) is 9.97 Å². The van der Waals surface area contributed by atoms with Crippen LogP contribution in [-0.4, -0.2) is 18.0 Å². The Morgan fingerprint density at radius 2 is 1.35 bits per heavy atom. The van der Waals surface area contributed by atoms with E-state index in [4.69, 9.17) is 4.98 Å². The molecule has 0 saturated heterocycles. The van der Waals surface area contributed by atoms with Gasteiger partial charge in [0.15, 0.2) is 0 Å². The third-order valence-electron chi connectivity index (χ3n) is 9.08. The van der Waals surface area contributed by atoms with Crippen LogP contribution in [0.2, 0.25) is 19.6 Å². The molecule has 5 heteroatoms. The molecule has 0 atom stereocenters. The summed E-state index contributed by atoms with van der Waals surface area (Å²) in [7, 11) is -1.34. The van der Waals surface area contributed by atoms with Crippen molar-refractivity contribution >= 4 is 44.8 Å². The number of thiophene rings is 1. The number of hydrogen-bond acceptors (Lipinski definition) is 3. The molecule has 0 saturated carbocycles. The average molecular weight is 887 g/mol. The fraction of sp³-hybridized carbons (Fsp3) is 0.149. The molecule has 0 bridgehead atoms. The van der Waals surface area contributed by atoms with Crippen LogP contribution in [-0.2, 0) is 26.5 Å². The molecule has 8 rings (SSSR count). The number of nitrogens with zero attached hydrogens (tertiary/aromatic N) is 2. The molecule has 52 heavy (non-hydrogen) atoms. The molecule has 0 aliphatic rings. The molecule has 0 N–H and O–H groups in total. The molecule has 5 aromatic carbocycles. The minimum atomic E-state index is -1.34. The van der Waals surface area contributed by atoms with Gasteiger partial charge in [0.25, 0.3) is 0 Å². The third-order valence-corrected chi connectivity index (χ3v) is 12.4. The maximum absolute atomic E-state index is 4.71. The molecule has 1 radical (unpaired) electrons. The molecule has 3 aromatic heterocycles. The predicted octanol–water partition coefficient (Wildman–Crippen LogP) is 12.5. The van der Waals surface area contributed by atoms with E-state index in [0.29, 0.717) is 5.92 Å². The van der Waals surface area contributed by atoms with Crippen molar-refractivity contribution in [2.75, 3.05) is 0 Å². The summed E-state index contributed by atoms with van der Waals surface area (Å²) in [5.41, 5.74) is 10.5. The molecule has 0 amide bonds. The Kier molecular flexibility index (Phi) is 11.8. The molecule has 3 heterocycles. The van der Waals surface area contributed by atoms with E-state index in [2.05, 4.69) is 160 Å². The second-order valence-electron chi connectivity index (χ2n) is 14.4. The Bertz CT molecular complexity index is 2400. The number of pyridine rings is 2. The third kappa shape index (κ3) is 8.25. The van der Waals surface area contributed by atoms with Crippen molar-refractivity contribution in [2.24, 2.45) is 5.92 Å². The number of aromatic nitrogens is 2. The Labute approximate surface area is 327 Å². The van der Waals surface area contributed by atoms with E-state index in [9.17, 15) is 0 Å². The summed E-state index contributed by atoms with van der Waals surface area (Å²) in [4.78, 5) is 9.40. The zero-order chi connectivity index (χ0) is 35.4. The van der Waals surface area contributed by atoms with E-state index >= 15 is 0 Å². The minimum absolute atomic E-state index is 0. The number of hydrogen-bond donors (Lipinski definition) is 0. The fourth-order valence-electron chi connectivity index (χ4n) is 6.66. The number of rotatable bonds is 7. The van der Waals surface area contributed by atoms with Crippen LogP contribution in [0.3, 0.4) is 0 Å². The summed E-state index contributed by atoms with van der Waals surface area (Å²) in [6, 6.07) is 53.2. The maximum Gasteiger partial charge on any atom is 0.0798 e. The van der Waals surface area contributed by atoms with Crippen LogP contribution in [0.15, 0.2) is 146 Å². The first-order chi connectivity index (χ1) is 24.8. The van der Waals surface area contributed by atoms with Crippen molar-refractivity contribution in [2.45, 2.75) is 39.9 Å². The van der Waals surface area contributed by atoms with Gasteiger partial charge in [0, 0.05) is 37.2 Å². The van der Waals surface area contributed by atoms with Crippen LogP contribution < -0.4 is 5.19 Å². The van der Waals surface area contributed by atoms with Gasteiger partial charge in [-0.25, -0.2) is 0 Å². The van der Waals surface area contributed by atoms with Crippen molar-refractivity contribution in [3.8, 4) is 44.8 Å². The largest absolute Gasteiger partial charge is 0.305 e. The molecule has 0 fully saturated rings. The number of benzene rings is 5. The molecular formula is C47H42IrN2SSi-2. The van der Waals surface area contributed by atoms with Gasteiger partial charge in [-0.15, -0.1) is 59.7 Å². The summed E-state index contributed by atoms with van der Waals surface area (Å²) in [5, 5.41) is 4.04. The van der Waals surface area contributed by atoms with Crippen molar-refractivity contribution in [3.05, 3.63) is 164 Å². The van der Waals surface area contributed by atoms with E-state index in [0.717, 1.165) is 28.9 Å². The molecule has 261 valence electrons. The minimum Gasteiger partial charge on any atom is -0.305 e. The fourth-order valence-corrected chi connectivity index (χ4v) is 9.59. The summed E-state index contributed by atoms with van der Waals surface area (Å²) < 4.78 is 2.54. The summed E-state index contributed by atoms with van der Waals surface area (Å²) in [6.07, 6.45) is 5.13. The van der Waals surface area contributed by atoms with E-state index < -0.39 is 8.07 Å². The average Bonchev–Trinajstić information content (AvgIpc) is 3.55. The SMILES string of the molecule is CC(C)Cc1cc(-c2[c-]cccc2)ncc1[Si](C)(C)C.[Ir].[c-]1ccc2c(sc3c(-c4ccccc4)cccc32)c1-c1cc(-c2ccccc2)ccn1. The molecule has 0 spiro atoms. The zero-order valence-corrected chi connectivity index (χ0v) is 34.5. The van der Waals surface area contributed by atoms with Gasteiger partial charge in [0.05, 0.1) is 8.07 Å². The maximum atomic E-state index is 4.71. The van der Waals surface area contributed by atoms with Crippen LogP contribution in [0.4, 0.5) is 0 Å². The summed E-state index contributed by atoms with van der Waals surface area (Å²) in [6.45, 7) is 11.7. The van der Waals surface area contributed by atoms with Crippen molar-refractivity contribution < 1.29 is 20.1 Å². The monoisotopic (exact) mass is 887 g/mol. The van der Waals surface area contributed by atoms with Crippen LogP contribution in [0.5, 0.6) is 0 Å². The molecule has 2 nitrogen and oxygen atoms in total. The van der Waals surface area contributed by atoms with E-state index in [1.54, 1.807) is 0 Å². The van der Waals surface area contributed by atoms with Gasteiger partial charge >= 0.3 is 0 Å². The van der Waals surface area contributed by atoms with Gasteiger partial charge in [-0.05, 0) is 67.3 Å². The Morgan fingerprint density at radius 3 is 2.04 bits per heavy atom. The first-order valence-corrected chi connectivity index (χ1v) is 22.0. The van der Waals surface area contributed by atoms with E-state index in [-0.39, 0.29) is 20.1 Å². The normalized spacial score (nSPS) is 11.3. The van der Waals surface area contributed by atoms with Gasteiger partial charge in [-0.3, -0.25) is 0 Å². The second-order valence-corrected chi connectivity index (χ2v) is 20.5. The van der Waals surface area contributed by atoms with Crippen LogP contribution in [0, 0.1) is 18.1 Å². The first-order valence-electron chi connectivity index (χ1n) is 17.7. The van der Waals surface area contributed by atoms with Gasteiger partial charge in [-0.1, -0.05) is 135 Å². The van der Waals surface area contributed by atoms with Gasteiger partial charge in [0.1, 0.15) is 0 Å². The first kappa shape index (κ1) is 37.2. The van der Waals surface area contributed by atoms with Gasteiger partial charge in [0.2, 0.25) is 0 Å². The van der Waals surface area contributed by atoms with Crippen LogP contribution in [0.25, 0.3) is 64.9 Å². The van der Waals surface area contributed by atoms with E-state index in [1.165, 1.54) is 53.2 Å². The smallest absolute Gasteiger partial charge is 0.0798 e. The second kappa shape index (κ2) is 16.4. The topological polar surface area (TPSA) is 25.8 Å². The Morgan fingerprint density at radius 1 is 0.635 bits per heavy atom. The molecule has 0 aliphatic heterocycles. The molecule has 0 unspecified atom stereocenters. The quantitative estimate of drug-likeness (QED) is 0.118. The Hall–Kier alpha value is -4.51. The molecular weight excluding hydrogens is 845 g/mol. The molecule has 0 aliphatic carbocycles. The standard InChI is InChI=1S/C29H18NS.C18H24NSi.Ir/c1-3-9-20(10-4-1)22-17-18-30-27(19-22)26-16-8-15-25-24-14-7-13-23(28(24)31-29(25)26)21-11-5-2-6-12-21;1-14(2)11-16-12-17(15-9-7-6-8-10-15)19-13-18(16)20(3,4)5;/h1-15,17-19H;6-9,12-14H,11H2,1-5H3;/q2*-1;. The van der Waals surface area contributed by atoms with Crippen LogP contribution >= 0.6 is 11.3 Å². The Balaban J connectivity index is 0.000000193. The van der Waals surface area contributed by atoms with Crippen LogP contribution in [0.1, 0.15) is 19.4 Å². The predicted molar refractivity (Wildman–Crippen MR) is 222 cm³/mol. The summed E-state index contributed by atoms with van der Waals surface area (Å²) in [5.74, 6) is 0.667. The van der Waals surface area contributed by atoms with Gasteiger partial charge in [-0.2, -0.15) is 11.3 Å². The number of fused-ring (bicyclic) bond motifs is 3. The zero-order valence-electron chi connectivity index (χ0n) is 30.3.